The molecule has 36 heavy (non-hydrogen) atoms. The van der Waals surface area contributed by atoms with E-state index in [2.05, 4.69) is 63.8 Å². The fourth-order valence-electron chi connectivity index (χ4n) is 3.66. The van der Waals surface area contributed by atoms with Crippen molar-refractivity contribution < 1.29 is 4.74 Å². The number of aromatic nitrogens is 1. The summed E-state index contributed by atoms with van der Waals surface area (Å²) < 4.78 is 5.23. The van der Waals surface area contributed by atoms with Crippen LogP contribution in [0.1, 0.15) is 16.1 Å². The topological polar surface area (TPSA) is 37.7 Å². The van der Waals surface area contributed by atoms with E-state index in [1.807, 2.05) is 30.5 Å². The summed E-state index contributed by atoms with van der Waals surface area (Å²) in [5.41, 5.74) is 6.35. The maximum absolute atomic E-state index is 5.91. The van der Waals surface area contributed by atoms with Crippen molar-refractivity contribution in [1.29, 1.82) is 0 Å². The highest BCUT2D eigenvalue weighted by molar-refractivity contribution is 7.10. The number of benzene rings is 3. The summed E-state index contributed by atoms with van der Waals surface area (Å²) in [5, 5.41) is 3.20. The maximum atomic E-state index is 5.91. The first kappa shape index (κ1) is 28.0. The van der Waals surface area contributed by atoms with Crippen LogP contribution in [0.15, 0.2) is 83.2 Å². The quantitative estimate of drug-likeness (QED) is 0.138. The van der Waals surface area contributed by atoms with Gasteiger partial charge >= 0.3 is 0 Å². The average Bonchev–Trinajstić information content (AvgIpc) is 3.37. The molecule has 4 nitrogen and oxygen atoms in total. The first-order valence-electron chi connectivity index (χ1n) is 11.4. The molecule has 0 N–H and O–H groups in total. The number of thiazole rings is 1. The predicted molar refractivity (Wildman–Crippen MR) is 158 cm³/mol. The fourth-order valence-corrected chi connectivity index (χ4v) is 4.90. The van der Waals surface area contributed by atoms with Gasteiger partial charge in [0.05, 0.1) is 23.5 Å². The Labute approximate surface area is 233 Å². The standard InChI is InChI=1S/C28H27Cl2N3OS.ClH/c1-34-26-12-4-21(5-13-26)18-28-32-27(20-35-28)23-6-8-24(9-7-23)31-19-22-2-10-25(11-3-22)33(16-14-29)17-15-30;/h2-13,19-20H,14-18H2,1H3;1H. The maximum Gasteiger partial charge on any atom is 0.118 e. The Balaban J connectivity index is 0.00000361. The van der Waals surface area contributed by atoms with E-state index in [-0.39, 0.29) is 12.4 Å². The van der Waals surface area contributed by atoms with Crippen molar-refractivity contribution >= 4 is 64.5 Å². The van der Waals surface area contributed by atoms with Crippen LogP contribution >= 0.6 is 46.9 Å². The summed E-state index contributed by atoms with van der Waals surface area (Å²) in [7, 11) is 1.68. The third-order valence-electron chi connectivity index (χ3n) is 5.56. The molecule has 3 aromatic carbocycles. The number of ether oxygens (including phenoxy) is 1. The molecule has 0 aliphatic rings. The predicted octanol–water partition coefficient (Wildman–Crippen LogP) is 7.87. The lowest BCUT2D eigenvalue weighted by Gasteiger charge is -2.22. The Morgan fingerprint density at radius 3 is 2.19 bits per heavy atom. The number of alkyl halides is 2. The van der Waals surface area contributed by atoms with Crippen LogP contribution in [0.4, 0.5) is 11.4 Å². The number of rotatable bonds is 11. The number of halogens is 3. The second kappa shape index (κ2) is 14.2. The third-order valence-corrected chi connectivity index (χ3v) is 6.75. The molecule has 4 rings (SSSR count). The van der Waals surface area contributed by atoms with Crippen molar-refractivity contribution in [3.63, 3.8) is 0 Å². The van der Waals surface area contributed by atoms with Crippen molar-refractivity contribution in [2.24, 2.45) is 4.99 Å². The first-order valence-corrected chi connectivity index (χ1v) is 13.3. The van der Waals surface area contributed by atoms with Gasteiger partial charge in [0.25, 0.3) is 0 Å². The Kier molecular flexibility index (Phi) is 11.1. The van der Waals surface area contributed by atoms with Crippen molar-refractivity contribution in [1.82, 2.24) is 4.98 Å². The van der Waals surface area contributed by atoms with Crippen LogP contribution in [-0.2, 0) is 6.42 Å². The smallest absolute Gasteiger partial charge is 0.118 e. The fraction of sp³-hybridized carbons (Fsp3) is 0.214. The molecule has 0 bridgehead atoms. The molecular weight excluding hydrogens is 533 g/mol. The van der Waals surface area contributed by atoms with E-state index in [0.29, 0.717) is 11.8 Å². The summed E-state index contributed by atoms with van der Waals surface area (Å²) >= 11 is 13.5. The molecule has 0 saturated carbocycles. The van der Waals surface area contributed by atoms with Gasteiger partial charge in [0, 0.05) is 54.1 Å². The Morgan fingerprint density at radius 1 is 0.917 bits per heavy atom. The zero-order chi connectivity index (χ0) is 24.5. The molecule has 0 atom stereocenters. The van der Waals surface area contributed by atoms with Crippen LogP contribution in [-0.4, -0.2) is 43.2 Å². The summed E-state index contributed by atoms with van der Waals surface area (Å²) in [5.74, 6) is 2.01. The van der Waals surface area contributed by atoms with Crippen LogP contribution in [0.25, 0.3) is 11.3 Å². The largest absolute Gasteiger partial charge is 0.497 e. The summed E-state index contributed by atoms with van der Waals surface area (Å²) in [4.78, 5) is 11.6. The van der Waals surface area contributed by atoms with E-state index >= 15 is 0 Å². The van der Waals surface area contributed by atoms with Gasteiger partial charge in [-0.2, -0.15) is 0 Å². The van der Waals surface area contributed by atoms with Gasteiger partial charge in [0.15, 0.2) is 0 Å². The number of hydrogen-bond acceptors (Lipinski definition) is 5. The second-order valence-electron chi connectivity index (χ2n) is 7.91. The minimum atomic E-state index is 0. The van der Waals surface area contributed by atoms with Gasteiger partial charge in [0.1, 0.15) is 5.75 Å². The highest BCUT2D eigenvalue weighted by atomic mass is 35.5. The van der Waals surface area contributed by atoms with E-state index in [4.69, 9.17) is 32.9 Å². The summed E-state index contributed by atoms with van der Waals surface area (Å²) in [6.45, 7) is 1.55. The number of anilines is 1. The average molecular weight is 561 g/mol. The molecular formula is C28H28Cl3N3OS. The zero-order valence-electron chi connectivity index (χ0n) is 19.9. The molecule has 0 saturated heterocycles. The Hall–Kier alpha value is -2.57. The van der Waals surface area contributed by atoms with Gasteiger partial charge < -0.3 is 9.64 Å². The van der Waals surface area contributed by atoms with Crippen LogP contribution in [0, 0.1) is 0 Å². The minimum absolute atomic E-state index is 0. The van der Waals surface area contributed by atoms with Crippen LogP contribution in [0.3, 0.4) is 0 Å². The monoisotopic (exact) mass is 559 g/mol. The first-order chi connectivity index (χ1) is 17.2. The van der Waals surface area contributed by atoms with Crippen LogP contribution in [0.2, 0.25) is 0 Å². The van der Waals surface area contributed by atoms with Crippen LogP contribution in [0.5, 0.6) is 5.75 Å². The molecule has 0 radical (unpaired) electrons. The molecule has 0 aliphatic carbocycles. The summed E-state index contributed by atoms with van der Waals surface area (Å²) in [6, 6.07) is 24.6. The highest BCUT2D eigenvalue weighted by Gasteiger charge is 2.07. The number of methoxy groups -OCH3 is 1. The molecule has 1 aromatic heterocycles. The molecule has 0 spiro atoms. The zero-order valence-corrected chi connectivity index (χ0v) is 23.1. The number of aliphatic imine (C=N–C) groups is 1. The van der Waals surface area contributed by atoms with E-state index < -0.39 is 0 Å². The summed E-state index contributed by atoms with van der Waals surface area (Å²) in [6.07, 6.45) is 2.69. The van der Waals surface area contributed by atoms with Crippen molar-refractivity contribution in [3.05, 3.63) is 94.3 Å². The normalized spacial score (nSPS) is 10.9. The Bertz CT molecular complexity index is 1220. The SMILES string of the molecule is COc1ccc(Cc2nc(-c3ccc(N=Cc4ccc(N(CCCl)CCCl)cc4)cc3)cs2)cc1.Cl. The lowest BCUT2D eigenvalue weighted by molar-refractivity contribution is 0.414. The highest BCUT2D eigenvalue weighted by Crippen LogP contribution is 2.26. The lowest BCUT2D eigenvalue weighted by atomic mass is 10.1. The van der Waals surface area contributed by atoms with E-state index in [9.17, 15) is 0 Å². The number of hydrogen-bond donors (Lipinski definition) is 0. The number of nitrogens with zero attached hydrogens (tertiary/aromatic N) is 3. The van der Waals surface area contributed by atoms with Gasteiger partial charge in [-0.05, 0) is 47.5 Å². The molecule has 0 amide bonds. The van der Waals surface area contributed by atoms with Gasteiger partial charge in [-0.15, -0.1) is 46.9 Å². The van der Waals surface area contributed by atoms with Gasteiger partial charge in [-0.1, -0.05) is 36.4 Å². The molecule has 8 heteroatoms. The van der Waals surface area contributed by atoms with Gasteiger partial charge in [-0.3, -0.25) is 4.99 Å². The molecule has 1 heterocycles. The van der Waals surface area contributed by atoms with Crippen molar-refractivity contribution in [2.45, 2.75) is 6.42 Å². The van der Waals surface area contributed by atoms with Crippen LogP contribution < -0.4 is 9.64 Å². The van der Waals surface area contributed by atoms with E-state index in [1.54, 1.807) is 18.4 Å². The Morgan fingerprint density at radius 2 is 1.58 bits per heavy atom. The molecule has 0 unspecified atom stereocenters. The molecule has 0 fully saturated rings. The van der Waals surface area contributed by atoms with Crippen molar-refractivity contribution in [3.8, 4) is 17.0 Å². The minimum Gasteiger partial charge on any atom is -0.497 e. The van der Waals surface area contributed by atoms with Crippen molar-refractivity contribution in [2.75, 3.05) is 36.9 Å². The van der Waals surface area contributed by atoms with Gasteiger partial charge in [0.2, 0.25) is 0 Å². The lowest BCUT2D eigenvalue weighted by Crippen LogP contribution is -2.27. The molecule has 4 aromatic rings. The third kappa shape index (κ3) is 7.71. The second-order valence-corrected chi connectivity index (χ2v) is 9.61. The van der Waals surface area contributed by atoms with E-state index in [1.165, 1.54) is 5.56 Å². The molecule has 188 valence electrons. The van der Waals surface area contributed by atoms with E-state index in [0.717, 1.165) is 58.5 Å². The molecule has 0 aliphatic heterocycles. The van der Waals surface area contributed by atoms with Gasteiger partial charge in [-0.25, -0.2) is 4.98 Å².